The van der Waals surface area contributed by atoms with E-state index in [0.717, 1.165) is 17.8 Å². The molecule has 1 aliphatic rings. The fourth-order valence-electron chi connectivity index (χ4n) is 1.45. The van der Waals surface area contributed by atoms with E-state index in [1.807, 2.05) is 0 Å². The summed E-state index contributed by atoms with van der Waals surface area (Å²) >= 11 is 0. The Bertz CT molecular complexity index is 410. The molecule has 0 spiro atoms. The van der Waals surface area contributed by atoms with Gasteiger partial charge in [0.15, 0.2) is 0 Å². The molecule has 0 radical (unpaired) electrons. The predicted molar refractivity (Wildman–Crippen MR) is 52.6 cm³/mol. The molecule has 2 rings (SSSR count). The monoisotopic (exact) mass is 214 g/mol. The third-order valence-corrected chi connectivity index (χ3v) is 2.24. The summed E-state index contributed by atoms with van der Waals surface area (Å²) in [6, 6.07) is 3.64. The van der Waals surface area contributed by atoms with Crippen LogP contribution in [0.3, 0.4) is 0 Å². The molecule has 2 nitrogen and oxygen atoms in total. The van der Waals surface area contributed by atoms with Gasteiger partial charge in [-0.05, 0) is 18.2 Å². The van der Waals surface area contributed by atoms with Crippen molar-refractivity contribution < 1.29 is 13.2 Å². The molecule has 0 saturated carbocycles. The summed E-state index contributed by atoms with van der Waals surface area (Å²) in [5.74, 6) is 0. The van der Waals surface area contributed by atoms with Crippen molar-refractivity contribution in [1.82, 2.24) is 0 Å². The number of alkyl halides is 3. The number of halogens is 3. The van der Waals surface area contributed by atoms with Gasteiger partial charge in [0.1, 0.15) is 0 Å². The van der Waals surface area contributed by atoms with Crippen LogP contribution in [0.5, 0.6) is 0 Å². The number of hydrogen-bond acceptors (Lipinski definition) is 2. The van der Waals surface area contributed by atoms with Crippen molar-refractivity contribution in [3.05, 3.63) is 36.2 Å². The topological polar surface area (TPSA) is 15.3 Å². The van der Waals surface area contributed by atoms with Gasteiger partial charge in [-0.25, -0.2) is 0 Å². The molecule has 0 amide bonds. The predicted octanol–water partition coefficient (Wildman–Crippen LogP) is 3.04. The van der Waals surface area contributed by atoms with Crippen molar-refractivity contribution in [3.8, 4) is 0 Å². The SMILES string of the molecule is CN1C=CNc2cc(C(F)(F)F)ccc21. The van der Waals surface area contributed by atoms with Crippen molar-refractivity contribution in [2.45, 2.75) is 6.18 Å². The van der Waals surface area contributed by atoms with Crippen LogP contribution in [0.15, 0.2) is 30.6 Å². The molecule has 0 aliphatic carbocycles. The van der Waals surface area contributed by atoms with Gasteiger partial charge in [-0.15, -0.1) is 0 Å². The molecule has 1 aromatic rings. The number of rotatable bonds is 0. The molecule has 1 aromatic carbocycles. The normalized spacial score (nSPS) is 14.8. The molecule has 0 unspecified atom stereocenters. The first kappa shape index (κ1) is 9.89. The summed E-state index contributed by atoms with van der Waals surface area (Å²) in [6.07, 6.45) is -0.950. The van der Waals surface area contributed by atoms with Gasteiger partial charge in [0, 0.05) is 19.4 Å². The molecular formula is C10H9F3N2. The smallest absolute Gasteiger partial charge is 0.359 e. The molecule has 5 heteroatoms. The number of anilines is 2. The van der Waals surface area contributed by atoms with E-state index in [2.05, 4.69) is 5.32 Å². The van der Waals surface area contributed by atoms with E-state index in [1.165, 1.54) is 6.07 Å². The summed E-state index contributed by atoms with van der Waals surface area (Å²) in [5, 5.41) is 2.78. The van der Waals surface area contributed by atoms with Crippen molar-refractivity contribution in [3.63, 3.8) is 0 Å². The number of hydrogen-bond donors (Lipinski definition) is 1. The lowest BCUT2D eigenvalue weighted by Gasteiger charge is -2.23. The highest BCUT2D eigenvalue weighted by molar-refractivity contribution is 5.75. The summed E-state index contributed by atoms with van der Waals surface area (Å²) in [4.78, 5) is 1.76. The zero-order valence-electron chi connectivity index (χ0n) is 7.97. The van der Waals surface area contributed by atoms with Crippen molar-refractivity contribution in [2.24, 2.45) is 0 Å². The highest BCUT2D eigenvalue weighted by Crippen LogP contribution is 2.36. The summed E-state index contributed by atoms with van der Waals surface area (Å²) in [5.41, 5.74) is 0.553. The standard InChI is InChI=1S/C10H9F3N2/c1-15-5-4-14-8-6-7(10(11,12)13)2-3-9(8)15/h2-6,14H,1H3. The highest BCUT2D eigenvalue weighted by atomic mass is 19.4. The second-order valence-corrected chi connectivity index (χ2v) is 3.30. The lowest BCUT2D eigenvalue weighted by molar-refractivity contribution is -0.137. The van der Waals surface area contributed by atoms with Gasteiger partial charge in [0.05, 0.1) is 16.9 Å². The van der Waals surface area contributed by atoms with Crippen LogP contribution in [0, 0.1) is 0 Å². The molecule has 80 valence electrons. The van der Waals surface area contributed by atoms with E-state index in [1.54, 1.807) is 24.3 Å². The van der Waals surface area contributed by atoms with E-state index in [0.29, 0.717) is 5.69 Å². The van der Waals surface area contributed by atoms with E-state index in [4.69, 9.17) is 0 Å². The van der Waals surface area contributed by atoms with E-state index in [9.17, 15) is 13.2 Å². The fourth-order valence-corrected chi connectivity index (χ4v) is 1.45. The lowest BCUT2D eigenvalue weighted by Crippen LogP contribution is -2.16. The zero-order chi connectivity index (χ0) is 11.1. The van der Waals surface area contributed by atoms with Crippen molar-refractivity contribution >= 4 is 11.4 Å². The Morgan fingerprint density at radius 2 is 2.00 bits per heavy atom. The van der Waals surface area contributed by atoms with E-state index in [-0.39, 0.29) is 0 Å². The van der Waals surface area contributed by atoms with Crippen LogP contribution in [-0.4, -0.2) is 7.05 Å². The molecule has 0 saturated heterocycles. The quantitative estimate of drug-likeness (QED) is 0.714. The minimum absolute atomic E-state index is 0.467. The second kappa shape index (κ2) is 3.18. The van der Waals surface area contributed by atoms with Crippen LogP contribution in [0.2, 0.25) is 0 Å². The Morgan fingerprint density at radius 3 is 2.67 bits per heavy atom. The van der Waals surface area contributed by atoms with Crippen molar-refractivity contribution in [2.75, 3.05) is 17.3 Å². The van der Waals surface area contributed by atoms with Crippen LogP contribution in [0.1, 0.15) is 5.56 Å². The molecule has 1 heterocycles. The number of benzene rings is 1. The Morgan fingerprint density at radius 1 is 1.27 bits per heavy atom. The van der Waals surface area contributed by atoms with E-state index >= 15 is 0 Å². The molecule has 1 N–H and O–H groups in total. The average molecular weight is 214 g/mol. The van der Waals surface area contributed by atoms with Crippen molar-refractivity contribution in [1.29, 1.82) is 0 Å². The van der Waals surface area contributed by atoms with Crippen LogP contribution in [-0.2, 0) is 6.18 Å². The van der Waals surface area contributed by atoms with E-state index < -0.39 is 11.7 Å². The zero-order valence-corrected chi connectivity index (χ0v) is 7.97. The fraction of sp³-hybridized carbons (Fsp3) is 0.200. The Hall–Kier alpha value is -1.65. The highest BCUT2D eigenvalue weighted by Gasteiger charge is 2.31. The molecule has 1 aliphatic heterocycles. The van der Waals surface area contributed by atoms with Gasteiger partial charge in [-0.3, -0.25) is 0 Å². The minimum Gasteiger partial charge on any atom is -0.359 e. The van der Waals surface area contributed by atoms with Crippen LogP contribution >= 0.6 is 0 Å². The van der Waals surface area contributed by atoms with Gasteiger partial charge < -0.3 is 10.2 Å². The van der Waals surface area contributed by atoms with Gasteiger partial charge in [0.25, 0.3) is 0 Å². The van der Waals surface area contributed by atoms with Crippen LogP contribution < -0.4 is 10.2 Å². The number of nitrogens with one attached hydrogen (secondary N) is 1. The first-order valence-electron chi connectivity index (χ1n) is 4.36. The van der Waals surface area contributed by atoms with Gasteiger partial charge >= 0.3 is 6.18 Å². The molecule has 0 fully saturated rings. The molecule has 0 atom stereocenters. The Balaban J connectivity index is 2.45. The molecule has 15 heavy (non-hydrogen) atoms. The number of nitrogens with zero attached hydrogens (tertiary/aromatic N) is 1. The minimum atomic E-state index is -4.30. The average Bonchev–Trinajstić information content (AvgIpc) is 2.16. The molecule has 0 aromatic heterocycles. The van der Waals surface area contributed by atoms with Gasteiger partial charge in [-0.1, -0.05) is 0 Å². The second-order valence-electron chi connectivity index (χ2n) is 3.30. The molecular weight excluding hydrogens is 205 g/mol. The van der Waals surface area contributed by atoms with Gasteiger partial charge in [-0.2, -0.15) is 13.2 Å². The Kier molecular flexibility index (Phi) is 2.10. The summed E-state index contributed by atoms with van der Waals surface area (Å²) in [7, 11) is 1.78. The third kappa shape index (κ3) is 1.77. The summed E-state index contributed by atoms with van der Waals surface area (Å²) in [6.45, 7) is 0. The summed E-state index contributed by atoms with van der Waals surface area (Å²) < 4.78 is 37.2. The Labute approximate surface area is 85.0 Å². The largest absolute Gasteiger partial charge is 0.416 e. The maximum Gasteiger partial charge on any atom is 0.416 e. The maximum atomic E-state index is 12.4. The maximum absolute atomic E-state index is 12.4. The van der Waals surface area contributed by atoms with Gasteiger partial charge in [0.2, 0.25) is 0 Å². The molecule has 0 bridgehead atoms. The van der Waals surface area contributed by atoms with Crippen LogP contribution in [0.25, 0.3) is 0 Å². The van der Waals surface area contributed by atoms with Crippen LogP contribution in [0.4, 0.5) is 24.5 Å². The first-order chi connectivity index (χ1) is 6.98. The lowest BCUT2D eigenvalue weighted by atomic mass is 10.1. The third-order valence-electron chi connectivity index (χ3n) is 2.24. The number of fused-ring (bicyclic) bond motifs is 1. The first-order valence-corrected chi connectivity index (χ1v) is 4.36.